The smallest absolute Gasteiger partial charge is 0.0915 e. The highest BCUT2D eigenvalue weighted by Crippen LogP contribution is 2.28. The minimum absolute atomic E-state index is 0.0556. The molecule has 16 heavy (non-hydrogen) atoms. The number of aryl methyl sites for hydroxylation is 1. The molecular weight excluding hydrogens is 202 g/mol. The molecule has 4 heteroatoms. The summed E-state index contributed by atoms with van der Waals surface area (Å²) in [5.74, 6) is 0. The van der Waals surface area contributed by atoms with E-state index >= 15 is 0 Å². The standard InChI is InChI=1S/C12H15N3O/c1-9-4-2-3-5-10(9)12-11(13)8-14-15(12)6-7-16/h2-5,8,16H,6-7,13H2,1H3. The van der Waals surface area contributed by atoms with Crippen LogP contribution in [0.4, 0.5) is 5.69 Å². The molecule has 84 valence electrons. The SMILES string of the molecule is Cc1ccccc1-c1c(N)cnn1CCO. The molecule has 3 N–H and O–H groups in total. The molecule has 0 aliphatic rings. The summed E-state index contributed by atoms with van der Waals surface area (Å²) in [5, 5.41) is 13.1. The monoisotopic (exact) mass is 217 g/mol. The van der Waals surface area contributed by atoms with Gasteiger partial charge in [0.15, 0.2) is 0 Å². The molecule has 0 saturated heterocycles. The summed E-state index contributed by atoms with van der Waals surface area (Å²) in [6, 6.07) is 8.00. The van der Waals surface area contributed by atoms with Crippen LogP contribution in [-0.4, -0.2) is 21.5 Å². The summed E-state index contributed by atoms with van der Waals surface area (Å²) in [6.07, 6.45) is 1.62. The fourth-order valence-corrected chi connectivity index (χ4v) is 1.80. The molecule has 0 atom stereocenters. The molecule has 2 rings (SSSR count). The topological polar surface area (TPSA) is 64.1 Å². The van der Waals surface area contributed by atoms with E-state index in [2.05, 4.69) is 5.10 Å². The zero-order valence-corrected chi connectivity index (χ0v) is 9.22. The van der Waals surface area contributed by atoms with Gasteiger partial charge in [-0.25, -0.2) is 0 Å². The van der Waals surface area contributed by atoms with Gasteiger partial charge in [-0.1, -0.05) is 24.3 Å². The Morgan fingerprint density at radius 1 is 1.38 bits per heavy atom. The lowest BCUT2D eigenvalue weighted by atomic mass is 10.1. The summed E-state index contributed by atoms with van der Waals surface area (Å²) in [4.78, 5) is 0. The fraction of sp³-hybridized carbons (Fsp3) is 0.250. The number of aliphatic hydroxyl groups excluding tert-OH is 1. The van der Waals surface area contributed by atoms with Crippen molar-refractivity contribution in [3.63, 3.8) is 0 Å². The maximum atomic E-state index is 8.97. The van der Waals surface area contributed by atoms with Crippen LogP contribution in [0.2, 0.25) is 0 Å². The molecular formula is C12H15N3O. The van der Waals surface area contributed by atoms with Crippen molar-refractivity contribution in [1.29, 1.82) is 0 Å². The first kappa shape index (κ1) is 10.7. The number of aromatic nitrogens is 2. The third-order valence-electron chi connectivity index (χ3n) is 2.58. The van der Waals surface area contributed by atoms with Gasteiger partial charge in [-0.3, -0.25) is 4.68 Å². The summed E-state index contributed by atoms with van der Waals surface area (Å²) < 4.78 is 1.73. The van der Waals surface area contributed by atoms with Gasteiger partial charge in [0.1, 0.15) is 0 Å². The zero-order valence-electron chi connectivity index (χ0n) is 9.22. The Morgan fingerprint density at radius 3 is 2.81 bits per heavy atom. The molecule has 1 aromatic carbocycles. The molecule has 0 saturated carbocycles. The summed E-state index contributed by atoms with van der Waals surface area (Å²) in [7, 11) is 0. The first-order valence-electron chi connectivity index (χ1n) is 5.22. The average Bonchev–Trinajstić information content (AvgIpc) is 2.62. The molecule has 1 aromatic heterocycles. The molecule has 0 bridgehead atoms. The highest BCUT2D eigenvalue weighted by atomic mass is 16.3. The van der Waals surface area contributed by atoms with E-state index in [0.717, 1.165) is 16.8 Å². The molecule has 0 unspecified atom stereocenters. The number of hydrogen-bond acceptors (Lipinski definition) is 3. The van der Waals surface area contributed by atoms with Crippen LogP contribution in [0.5, 0.6) is 0 Å². The lowest BCUT2D eigenvalue weighted by Gasteiger charge is -2.09. The zero-order chi connectivity index (χ0) is 11.5. The van der Waals surface area contributed by atoms with Crippen molar-refractivity contribution in [2.24, 2.45) is 0 Å². The predicted octanol–water partition coefficient (Wildman–Crippen LogP) is 1.43. The Kier molecular flexibility index (Phi) is 2.92. The van der Waals surface area contributed by atoms with Crippen molar-refractivity contribution in [3.05, 3.63) is 36.0 Å². The number of benzene rings is 1. The van der Waals surface area contributed by atoms with Gasteiger partial charge >= 0.3 is 0 Å². The number of nitrogens with two attached hydrogens (primary N) is 1. The quantitative estimate of drug-likeness (QED) is 0.817. The average molecular weight is 217 g/mol. The number of rotatable bonds is 3. The van der Waals surface area contributed by atoms with E-state index in [1.807, 2.05) is 31.2 Å². The van der Waals surface area contributed by atoms with E-state index in [0.29, 0.717) is 12.2 Å². The highest BCUT2D eigenvalue weighted by molar-refractivity contribution is 5.74. The summed E-state index contributed by atoms with van der Waals surface area (Å²) >= 11 is 0. The van der Waals surface area contributed by atoms with Crippen molar-refractivity contribution in [2.45, 2.75) is 13.5 Å². The Balaban J connectivity index is 2.54. The lowest BCUT2D eigenvalue weighted by Crippen LogP contribution is -2.06. The van der Waals surface area contributed by atoms with Crippen LogP contribution in [0.15, 0.2) is 30.5 Å². The van der Waals surface area contributed by atoms with Crippen LogP contribution >= 0.6 is 0 Å². The van der Waals surface area contributed by atoms with E-state index in [1.165, 1.54) is 0 Å². The molecule has 0 aliphatic heterocycles. The molecule has 0 spiro atoms. The second-order valence-corrected chi connectivity index (χ2v) is 3.71. The van der Waals surface area contributed by atoms with Crippen molar-refractivity contribution in [2.75, 3.05) is 12.3 Å². The Labute approximate surface area is 94.3 Å². The van der Waals surface area contributed by atoms with E-state index in [9.17, 15) is 0 Å². The molecule has 0 fully saturated rings. The number of anilines is 1. The van der Waals surface area contributed by atoms with Crippen LogP contribution in [0.1, 0.15) is 5.56 Å². The first-order valence-corrected chi connectivity index (χ1v) is 5.22. The largest absolute Gasteiger partial charge is 0.396 e. The van der Waals surface area contributed by atoms with Crippen molar-refractivity contribution in [1.82, 2.24) is 9.78 Å². The van der Waals surface area contributed by atoms with Gasteiger partial charge in [0.2, 0.25) is 0 Å². The van der Waals surface area contributed by atoms with Gasteiger partial charge in [-0.15, -0.1) is 0 Å². The van der Waals surface area contributed by atoms with E-state index in [1.54, 1.807) is 10.9 Å². The Hall–Kier alpha value is -1.81. The van der Waals surface area contributed by atoms with Crippen molar-refractivity contribution >= 4 is 5.69 Å². The predicted molar refractivity (Wildman–Crippen MR) is 63.9 cm³/mol. The first-order chi connectivity index (χ1) is 7.74. The number of aliphatic hydroxyl groups is 1. The molecule has 0 radical (unpaired) electrons. The third-order valence-corrected chi connectivity index (χ3v) is 2.58. The minimum atomic E-state index is 0.0556. The van der Waals surface area contributed by atoms with Crippen LogP contribution in [-0.2, 0) is 6.54 Å². The van der Waals surface area contributed by atoms with Crippen LogP contribution in [0, 0.1) is 6.92 Å². The third kappa shape index (κ3) is 1.79. The molecule has 0 amide bonds. The lowest BCUT2D eigenvalue weighted by molar-refractivity contribution is 0.270. The second-order valence-electron chi connectivity index (χ2n) is 3.71. The van der Waals surface area contributed by atoms with Gasteiger partial charge in [0.05, 0.1) is 30.7 Å². The molecule has 4 nitrogen and oxygen atoms in total. The van der Waals surface area contributed by atoms with E-state index < -0.39 is 0 Å². The molecule has 1 heterocycles. The molecule has 2 aromatic rings. The van der Waals surface area contributed by atoms with Crippen LogP contribution in [0.3, 0.4) is 0 Å². The Bertz CT molecular complexity index is 491. The Morgan fingerprint density at radius 2 is 2.12 bits per heavy atom. The summed E-state index contributed by atoms with van der Waals surface area (Å²) in [5.41, 5.74) is 9.64. The normalized spacial score (nSPS) is 10.6. The highest BCUT2D eigenvalue weighted by Gasteiger charge is 2.11. The van der Waals surface area contributed by atoms with Gasteiger partial charge < -0.3 is 10.8 Å². The maximum absolute atomic E-state index is 8.97. The van der Waals surface area contributed by atoms with E-state index in [4.69, 9.17) is 10.8 Å². The van der Waals surface area contributed by atoms with Gasteiger partial charge in [0.25, 0.3) is 0 Å². The van der Waals surface area contributed by atoms with Crippen molar-refractivity contribution < 1.29 is 5.11 Å². The second kappa shape index (κ2) is 4.37. The van der Waals surface area contributed by atoms with Crippen LogP contribution < -0.4 is 5.73 Å². The van der Waals surface area contributed by atoms with Gasteiger partial charge in [-0.05, 0) is 12.5 Å². The maximum Gasteiger partial charge on any atom is 0.0915 e. The van der Waals surface area contributed by atoms with Gasteiger partial charge in [0, 0.05) is 5.56 Å². The van der Waals surface area contributed by atoms with Gasteiger partial charge in [-0.2, -0.15) is 5.10 Å². The van der Waals surface area contributed by atoms with Crippen molar-refractivity contribution in [3.8, 4) is 11.3 Å². The van der Waals surface area contributed by atoms with E-state index in [-0.39, 0.29) is 6.61 Å². The number of nitrogen functional groups attached to an aromatic ring is 1. The summed E-state index contributed by atoms with van der Waals surface area (Å²) in [6.45, 7) is 2.55. The van der Waals surface area contributed by atoms with Crippen LogP contribution in [0.25, 0.3) is 11.3 Å². The number of nitrogens with zero attached hydrogens (tertiary/aromatic N) is 2. The number of hydrogen-bond donors (Lipinski definition) is 2. The molecule has 0 aliphatic carbocycles. The fourth-order valence-electron chi connectivity index (χ4n) is 1.80. The minimum Gasteiger partial charge on any atom is -0.396 e.